The number of hydrogen-bond donors (Lipinski definition) is 1. The lowest BCUT2D eigenvalue weighted by Gasteiger charge is -2.16. The van der Waals surface area contributed by atoms with Gasteiger partial charge in [-0.25, -0.2) is 12.7 Å². The molecule has 2 aliphatic heterocycles. The van der Waals surface area contributed by atoms with Crippen LogP contribution in [0.5, 0.6) is 0 Å². The highest BCUT2D eigenvalue weighted by atomic mass is 35.5. The summed E-state index contributed by atoms with van der Waals surface area (Å²) in [5.74, 6) is -2.51. The number of fused-ring (bicyclic) bond motifs is 1. The molecule has 1 unspecified atom stereocenters. The maximum atomic E-state index is 12.6. The lowest BCUT2D eigenvalue weighted by atomic mass is 10.1. The molecule has 0 radical (unpaired) electrons. The Morgan fingerprint density at radius 1 is 1.15 bits per heavy atom. The van der Waals surface area contributed by atoms with E-state index in [-0.39, 0.29) is 41.0 Å². The Morgan fingerprint density at radius 3 is 2.42 bits per heavy atom. The molecule has 1 N–H and O–H groups in total. The zero-order valence-electron chi connectivity index (χ0n) is 13.6. The maximum Gasteiger partial charge on any atom is 0.308 e. The van der Waals surface area contributed by atoms with E-state index in [1.54, 1.807) is 0 Å². The molecule has 1 aromatic carbocycles. The zero-order valence-corrected chi connectivity index (χ0v) is 15.3. The molecular formula is C16H17ClN2O6S. The molecular weight excluding hydrogens is 384 g/mol. The van der Waals surface area contributed by atoms with Crippen LogP contribution in [0.1, 0.15) is 40.0 Å². The van der Waals surface area contributed by atoms with Crippen molar-refractivity contribution in [3.8, 4) is 0 Å². The number of halogens is 1. The highest BCUT2D eigenvalue weighted by Crippen LogP contribution is 2.39. The predicted molar refractivity (Wildman–Crippen MR) is 91.7 cm³/mol. The fourth-order valence-electron chi connectivity index (χ4n) is 3.38. The van der Waals surface area contributed by atoms with Crippen LogP contribution in [-0.2, 0) is 14.8 Å². The average Bonchev–Trinajstić information content (AvgIpc) is 3.21. The van der Waals surface area contributed by atoms with Crippen LogP contribution in [0.2, 0.25) is 0 Å². The van der Waals surface area contributed by atoms with Crippen molar-refractivity contribution < 1.29 is 27.9 Å². The Morgan fingerprint density at radius 2 is 1.85 bits per heavy atom. The smallest absolute Gasteiger partial charge is 0.308 e. The van der Waals surface area contributed by atoms with Gasteiger partial charge in [0, 0.05) is 24.7 Å². The number of carboxylic acid groups (broad SMARTS) is 1. The number of nitrogens with zero attached hydrogens (tertiary/aromatic N) is 2. The maximum absolute atomic E-state index is 12.6. The third kappa shape index (κ3) is 2.75. The summed E-state index contributed by atoms with van der Waals surface area (Å²) in [5.41, 5.74) is 0.243. The number of aliphatic carboxylic acids is 1. The van der Waals surface area contributed by atoms with Gasteiger partial charge in [-0.3, -0.25) is 14.4 Å². The number of carbonyl (C=O) groups excluding carboxylic acids is 2. The summed E-state index contributed by atoms with van der Waals surface area (Å²) in [6, 6.07) is 3.76. The minimum Gasteiger partial charge on any atom is -0.481 e. The molecule has 1 atom stereocenters. The Bertz CT molecular complexity index is 911. The van der Waals surface area contributed by atoms with Crippen molar-refractivity contribution in [2.75, 3.05) is 13.1 Å². The van der Waals surface area contributed by atoms with Gasteiger partial charge in [0.2, 0.25) is 0 Å². The van der Waals surface area contributed by atoms with Gasteiger partial charge in [0.15, 0.2) is 0 Å². The van der Waals surface area contributed by atoms with E-state index in [4.69, 9.17) is 5.11 Å². The molecule has 0 bridgehead atoms. The molecule has 2 amide bonds. The Labute approximate surface area is 156 Å². The topological polar surface area (TPSA) is 112 Å². The van der Waals surface area contributed by atoms with Crippen LogP contribution in [0.15, 0.2) is 23.1 Å². The van der Waals surface area contributed by atoms with E-state index in [0.29, 0.717) is 25.8 Å². The second kappa shape index (κ2) is 6.24. The number of sulfonamides is 1. The zero-order chi connectivity index (χ0) is 17.9. The van der Waals surface area contributed by atoms with Gasteiger partial charge in [0.1, 0.15) is 4.90 Å². The van der Waals surface area contributed by atoms with E-state index in [1.807, 2.05) is 0 Å². The molecule has 0 aromatic heterocycles. The molecule has 1 aromatic rings. The van der Waals surface area contributed by atoms with Gasteiger partial charge < -0.3 is 10.0 Å². The van der Waals surface area contributed by atoms with Crippen molar-refractivity contribution in [1.29, 1.82) is 0 Å². The number of amides is 2. The first-order valence-corrected chi connectivity index (χ1v) is 9.49. The first-order valence-electron chi connectivity index (χ1n) is 8.05. The highest BCUT2D eigenvalue weighted by molar-refractivity contribution is 7.90. The average molecular weight is 401 g/mol. The molecule has 1 saturated carbocycles. The fourth-order valence-corrected chi connectivity index (χ4v) is 5.22. The van der Waals surface area contributed by atoms with Crippen LogP contribution in [-0.4, -0.2) is 59.6 Å². The van der Waals surface area contributed by atoms with Crippen LogP contribution >= 0.6 is 12.4 Å². The van der Waals surface area contributed by atoms with Crippen LogP contribution in [0.3, 0.4) is 0 Å². The molecule has 140 valence electrons. The van der Waals surface area contributed by atoms with Gasteiger partial charge in [-0.2, -0.15) is 0 Å². The quantitative estimate of drug-likeness (QED) is 0.808. The van der Waals surface area contributed by atoms with Gasteiger partial charge in [-0.05, 0) is 37.5 Å². The SMILES string of the molecule is Cl.O=C(O)C1CCN(C(=O)c2ccc3c(c2)S(=O)(=O)N(C2CC2)C3=O)C1. The lowest BCUT2D eigenvalue weighted by molar-refractivity contribution is -0.141. The summed E-state index contributed by atoms with van der Waals surface area (Å²) in [4.78, 5) is 37.2. The largest absolute Gasteiger partial charge is 0.481 e. The van der Waals surface area contributed by atoms with E-state index in [2.05, 4.69) is 0 Å². The number of carboxylic acids is 1. The Kier molecular flexibility index (Phi) is 4.48. The van der Waals surface area contributed by atoms with Crippen molar-refractivity contribution in [3.05, 3.63) is 29.3 Å². The number of carbonyl (C=O) groups is 3. The summed E-state index contributed by atoms with van der Waals surface area (Å²) < 4.78 is 26.2. The molecule has 26 heavy (non-hydrogen) atoms. The molecule has 0 spiro atoms. The fraction of sp³-hybridized carbons (Fsp3) is 0.438. The summed E-state index contributed by atoms with van der Waals surface area (Å²) in [6.07, 6.45) is 1.70. The summed E-state index contributed by atoms with van der Waals surface area (Å²) in [6.45, 7) is 0.415. The molecule has 8 nitrogen and oxygen atoms in total. The third-order valence-electron chi connectivity index (χ3n) is 4.90. The summed E-state index contributed by atoms with van der Waals surface area (Å²) in [5, 5.41) is 9.03. The van der Waals surface area contributed by atoms with Crippen molar-refractivity contribution in [3.63, 3.8) is 0 Å². The molecule has 1 saturated heterocycles. The van der Waals surface area contributed by atoms with Crippen LogP contribution in [0, 0.1) is 5.92 Å². The highest BCUT2D eigenvalue weighted by Gasteiger charge is 2.49. The van der Waals surface area contributed by atoms with Crippen LogP contribution in [0.4, 0.5) is 0 Å². The molecule has 2 heterocycles. The van der Waals surface area contributed by atoms with Gasteiger partial charge in [0.25, 0.3) is 21.8 Å². The van der Waals surface area contributed by atoms with Crippen LogP contribution < -0.4 is 0 Å². The monoisotopic (exact) mass is 400 g/mol. The lowest BCUT2D eigenvalue weighted by Crippen LogP contribution is -2.32. The Hall–Kier alpha value is -2.13. The van der Waals surface area contributed by atoms with Gasteiger partial charge in [-0.1, -0.05) is 0 Å². The van der Waals surface area contributed by atoms with Gasteiger partial charge >= 0.3 is 5.97 Å². The molecule has 3 aliphatic rings. The molecule has 10 heteroatoms. The minimum absolute atomic E-state index is 0. The summed E-state index contributed by atoms with van der Waals surface area (Å²) in [7, 11) is -3.92. The molecule has 1 aliphatic carbocycles. The number of likely N-dealkylation sites (tertiary alicyclic amines) is 1. The van der Waals surface area contributed by atoms with Crippen molar-refractivity contribution in [1.82, 2.24) is 9.21 Å². The molecule has 4 rings (SSSR count). The van der Waals surface area contributed by atoms with Crippen molar-refractivity contribution in [2.45, 2.75) is 30.2 Å². The normalized spacial score (nSPS) is 23.5. The predicted octanol–water partition coefficient (Wildman–Crippen LogP) is 0.962. The second-order valence-electron chi connectivity index (χ2n) is 6.62. The third-order valence-corrected chi connectivity index (χ3v) is 6.77. The van der Waals surface area contributed by atoms with E-state index < -0.39 is 33.7 Å². The van der Waals surface area contributed by atoms with E-state index in [9.17, 15) is 22.8 Å². The summed E-state index contributed by atoms with van der Waals surface area (Å²) >= 11 is 0. The van der Waals surface area contributed by atoms with Crippen LogP contribution in [0.25, 0.3) is 0 Å². The minimum atomic E-state index is -3.92. The Balaban J connectivity index is 0.00000196. The van der Waals surface area contributed by atoms with E-state index >= 15 is 0 Å². The molecule has 2 fully saturated rings. The van der Waals surface area contributed by atoms with E-state index in [1.165, 1.54) is 23.1 Å². The van der Waals surface area contributed by atoms with Gasteiger partial charge in [0.05, 0.1) is 11.5 Å². The number of rotatable bonds is 3. The van der Waals surface area contributed by atoms with Gasteiger partial charge in [-0.15, -0.1) is 12.4 Å². The second-order valence-corrected chi connectivity index (χ2v) is 8.41. The first-order chi connectivity index (χ1) is 11.8. The van der Waals surface area contributed by atoms with Crippen molar-refractivity contribution >= 4 is 40.2 Å². The van der Waals surface area contributed by atoms with E-state index in [0.717, 1.165) is 4.31 Å². The number of hydrogen-bond acceptors (Lipinski definition) is 5. The standard InChI is InChI=1S/C16H16N2O6S.ClH/c19-14(17-6-5-10(8-17)16(21)22)9-1-4-12-13(7-9)25(23,24)18(15(12)20)11-2-3-11;/h1,4,7,10-11H,2-3,5-6,8H2,(H,21,22);1H. The first kappa shape index (κ1) is 18.7. The number of benzene rings is 1. The van der Waals surface area contributed by atoms with Crippen molar-refractivity contribution in [2.24, 2.45) is 5.92 Å².